The molecule has 1 aromatic carbocycles. The van der Waals surface area contributed by atoms with Gasteiger partial charge in [-0.3, -0.25) is 43.2 Å². The normalized spacial score (nSPS) is 15.0. The summed E-state index contributed by atoms with van der Waals surface area (Å²) in [5, 5.41) is 17.2. The topological polar surface area (TPSA) is 341 Å². The van der Waals surface area contributed by atoms with Crippen LogP contribution in [0.25, 0.3) is 10.9 Å². The van der Waals surface area contributed by atoms with E-state index in [0.717, 1.165) is 15.8 Å². The summed E-state index contributed by atoms with van der Waals surface area (Å²) in [6.45, 7) is 13.5. The first-order valence-electron chi connectivity index (χ1n) is 23.6. The number of hydrogen-bond donors (Lipinski definition) is 10. The van der Waals surface area contributed by atoms with Gasteiger partial charge < -0.3 is 63.6 Å². The summed E-state index contributed by atoms with van der Waals surface area (Å²) in [4.78, 5) is 127. The van der Waals surface area contributed by atoms with Crippen LogP contribution in [0.4, 0.5) is 0 Å². The summed E-state index contributed by atoms with van der Waals surface area (Å²) in [5.74, 6) is -6.26. The molecular formula is C48H75N13O9. The molecule has 0 radical (unpaired) electrons. The number of rotatable bonds is 27. The Kier molecular flexibility index (Phi) is 21.5. The molecule has 0 fully saturated rings. The van der Waals surface area contributed by atoms with Gasteiger partial charge in [-0.2, -0.15) is 0 Å². The van der Waals surface area contributed by atoms with E-state index in [1.54, 1.807) is 65.0 Å². The average Bonchev–Trinajstić information content (AvgIpc) is 3.90. The molecule has 22 heteroatoms. The van der Waals surface area contributed by atoms with E-state index in [1.165, 1.54) is 14.0 Å². The van der Waals surface area contributed by atoms with Crippen LogP contribution in [-0.2, 0) is 63.0 Å². The number of nitrogens with one attached hydrogen (secondary N) is 7. The van der Waals surface area contributed by atoms with Gasteiger partial charge in [0.25, 0.3) is 0 Å². The molecular weight excluding hydrogens is 903 g/mol. The Bertz CT molecular complexity index is 2320. The van der Waals surface area contributed by atoms with E-state index in [4.69, 9.17) is 17.2 Å². The Hall–Kier alpha value is -6.84. The summed E-state index contributed by atoms with van der Waals surface area (Å²) in [6.07, 6.45) is 5.55. The number of likely N-dealkylation sites (N-methyl/N-ethyl adjacent to an activating group) is 1. The third kappa shape index (κ3) is 17.3. The molecule has 1 unspecified atom stereocenters. The molecule has 0 aliphatic carbocycles. The minimum atomic E-state index is -1.21. The fourth-order valence-electron chi connectivity index (χ4n) is 7.68. The number of aromatic nitrogens is 3. The lowest BCUT2D eigenvalue weighted by molar-refractivity contribution is -0.140. The number of fused-ring (bicyclic) bond motifs is 1. The van der Waals surface area contributed by atoms with Crippen molar-refractivity contribution in [2.75, 3.05) is 13.6 Å². The molecule has 2 aromatic heterocycles. The summed E-state index contributed by atoms with van der Waals surface area (Å²) in [6, 6.07) is 0.119. The number of aromatic amines is 1. The second kappa shape index (κ2) is 26.2. The maximum Gasteiger partial charge on any atom is 0.245 e. The number of carbonyl (C=O) groups is 9. The van der Waals surface area contributed by atoms with Crippen LogP contribution in [0.2, 0.25) is 0 Å². The van der Waals surface area contributed by atoms with Crippen molar-refractivity contribution in [1.82, 2.24) is 51.3 Å². The van der Waals surface area contributed by atoms with E-state index in [9.17, 15) is 43.2 Å². The Morgan fingerprint density at radius 1 is 0.786 bits per heavy atom. The largest absolute Gasteiger partial charge is 0.370 e. The minimum Gasteiger partial charge on any atom is -0.370 e. The first kappa shape index (κ1) is 57.5. The lowest BCUT2D eigenvalue weighted by Gasteiger charge is -2.30. The van der Waals surface area contributed by atoms with E-state index >= 15 is 0 Å². The summed E-state index contributed by atoms with van der Waals surface area (Å²) in [7, 11) is 3.12. The van der Waals surface area contributed by atoms with Gasteiger partial charge in [0.2, 0.25) is 53.2 Å². The van der Waals surface area contributed by atoms with Gasteiger partial charge >= 0.3 is 0 Å². The molecule has 9 amide bonds. The standard InChI is InChI=1S/C48H75N13O9/c1-11-27(4)33(17-19-38(63)58-41(42(51)65)48(6,7)8)56-46(69)36(21-30-23-52-25-61(30)10)55-39(64)24-60(9)47(70)40(26(2)3)59-43(66)28(5)54-45(68)35(57-44(67)32(49)16-18-37(50)62)20-29-22-53-34-15-13-12-14-31(29)34/h12-15,22-23,25-28,32-33,35-36,40-41,53H,11,16-21,24,49H2,1-10H3,(H2,50,62)(H2,51,65)(H,54,68)(H,55,64)(H,56,69)(H,57,67)(H,58,63)(H,59,66)/t27?,28-,32-,33+,35-,36-,40-,41+/m0/s1. The highest BCUT2D eigenvalue weighted by atomic mass is 16.2. The Morgan fingerprint density at radius 2 is 1.43 bits per heavy atom. The van der Waals surface area contributed by atoms with Crippen LogP contribution in [0.15, 0.2) is 43.0 Å². The smallest absolute Gasteiger partial charge is 0.245 e. The van der Waals surface area contributed by atoms with Gasteiger partial charge in [-0.15, -0.1) is 0 Å². The van der Waals surface area contributed by atoms with Gasteiger partial charge in [0, 0.05) is 74.8 Å². The van der Waals surface area contributed by atoms with Gasteiger partial charge in [0.15, 0.2) is 0 Å². The molecule has 0 bridgehead atoms. The highest BCUT2D eigenvalue weighted by Crippen LogP contribution is 2.21. The zero-order chi connectivity index (χ0) is 52.6. The predicted octanol–water partition coefficient (Wildman–Crippen LogP) is -0.320. The Morgan fingerprint density at radius 3 is 2.01 bits per heavy atom. The van der Waals surface area contributed by atoms with Crippen molar-refractivity contribution >= 4 is 64.1 Å². The third-order valence-corrected chi connectivity index (χ3v) is 12.3. The number of hydrogen-bond acceptors (Lipinski definition) is 11. The summed E-state index contributed by atoms with van der Waals surface area (Å²) < 4.78 is 1.70. The lowest BCUT2D eigenvalue weighted by Crippen LogP contribution is -2.59. The van der Waals surface area contributed by atoms with E-state index in [1.807, 2.05) is 38.1 Å². The SMILES string of the molecule is CCC(C)[C@@H](CCC(=O)N[C@H](C(N)=O)C(C)(C)C)NC(=O)[C@H](Cc1cncn1C)NC(=O)CN(C)C(=O)[C@@H](NC(=O)[C@H](C)NC(=O)[C@H](Cc1c[nH]c2ccccc12)NC(=O)[C@@H](N)CCC(N)=O)C(C)C. The highest BCUT2D eigenvalue weighted by Gasteiger charge is 2.35. The first-order valence-corrected chi connectivity index (χ1v) is 23.6. The molecule has 22 nitrogen and oxygen atoms in total. The highest BCUT2D eigenvalue weighted by molar-refractivity contribution is 5.96. The van der Waals surface area contributed by atoms with Crippen molar-refractivity contribution < 1.29 is 43.2 Å². The third-order valence-electron chi connectivity index (χ3n) is 12.3. The summed E-state index contributed by atoms with van der Waals surface area (Å²) >= 11 is 0. The number of carbonyl (C=O) groups excluding carboxylic acids is 9. The van der Waals surface area contributed by atoms with Crippen molar-refractivity contribution in [3.63, 3.8) is 0 Å². The van der Waals surface area contributed by atoms with Gasteiger partial charge in [0.1, 0.15) is 30.2 Å². The van der Waals surface area contributed by atoms with E-state index in [0.29, 0.717) is 17.7 Å². The number of primary amides is 2. The van der Waals surface area contributed by atoms with Crippen LogP contribution in [0, 0.1) is 17.3 Å². The maximum absolute atomic E-state index is 14.1. The molecule has 0 saturated carbocycles. The average molecular weight is 978 g/mol. The van der Waals surface area contributed by atoms with Gasteiger partial charge in [-0.1, -0.05) is 73.1 Å². The van der Waals surface area contributed by atoms with Crippen LogP contribution < -0.4 is 49.1 Å². The molecule has 3 rings (SSSR count). The zero-order valence-corrected chi connectivity index (χ0v) is 42.1. The maximum atomic E-state index is 14.1. The number of amides is 9. The number of para-hydroxylation sites is 1. The van der Waals surface area contributed by atoms with Crippen molar-refractivity contribution in [3.05, 3.63) is 54.2 Å². The van der Waals surface area contributed by atoms with Crippen LogP contribution >= 0.6 is 0 Å². The molecule has 0 aliphatic heterocycles. The van der Waals surface area contributed by atoms with Gasteiger partial charge in [0.05, 0.1) is 18.9 Å². The molecule has 13 N–H and O–H groups in total. The van der Waals surface area contributed by atoms with Crippen molar-refractivity contribution in [2.24, 2.45) is 41.5 Å². The molecule has 3 aromatic rings. The van der Waals surface area contributed by atoms with Crippen LogP contribution in [0.1, 0.15) is 98.8 Å². The number of H-pyrrole nitrogens is 1. The predicted molar refractivity (Wildman–Crippen MR) is 262 cm³/mol. The fourth-order valence-corrected chi connectivity index (χ4v) is 7.68. The second-order valence-corrected chi connectivity index (χ2v) is 19.5. The molecule has 70 heavy (non-hydrogen) atoms. The van der Waals surface area contributed by atoms with E-state index < -0.39 is 113 Å². The fraction of sp³-hybridized carbons (Fsp3) is 0.583. The monoisotopic (exact) mass is 978 g/mol. The number of aryl methyl sites for hydroxylation is 1. The molecule has 0 saturated heterocycles. The first-order chi connectivity index (χ1) is 32.7. The van der Waals surface area contributed by atoms with E-state index in [2.05, 4.69) is 41.9 Å². The van der Waals surface area contributed by atoms with Crippen molar-refractivity contribution in [3.8, 4) is 0 Å². The quantitative estimate of drug-likeness (QED) is 0.0472. The van der Waals surface area contributed by atoms with E-state index in [-0.39, 0.29) is 44.4 Å². The molecule has 0 spiro atoms. The minimum absolute atomic E-state index is 0.0120. The molecule has 8 atom stereocenters. The van der Waals surface area contributed by atoms with Gasteiger partial charge in [-0.25, -0.2) is 4.98 Å². The molecule has 386 valence electrons. The Labute approximate surface area is 409 Å². The number of nitrogens with two attached hydrogens (primary N) is 3. The van der Waals surface area contributed by atoms with Crippen LogP contribution in [-0.4, -0.2) is 128 Å². The second-order valence-electron chi connectivity index (χ2n) is 19.5. The molecule has 0 aliphatic rings. The Balaban J connectivity index is 1.72. The number of benzene rings is 1. The lowest BCUT2D eigenvalue weighted by atomic mass is 9.86. The van der Waals surface area contributed by atoms with Crippen molar-refractivity contribution in [1.29, 1.82) is 0 Å². The van der Waals surface area contributed by atoms with Crippen LogP contribution in [0.5, 0.6) is 0 Å². The molecule has 2 heterocycles. The van der Waals surface area contributed by atoms with Crippen molar-refractivity contribution in [2.45, 2.75) is 143 Å². The number of imidazole rings is 1. The summed E-state index contributed by atoms with van der Waals surface area (Å²) in [5.41, 5.74) is 18.3. The number of nitrogens with zero attached hydrogens (tertiary/aromatic N) is 3. The van der Waals surface area contributed by atoms with Gasteiger partial charge in [-0.05, 0) is 48.6 Å². The zero-order valence-electron chi connectivity index (χ0n) is 42.1. The van der Waals surface area contributed by atoms with Crippen LogP contribution in [0.3, 0.4) is 0 Å².